The molecule has 13 heteroatoms. The highest BCUT2D eigenvalue weighted by molar-refractivity contribution is 6.17. The van der Waals surface area contributed by atoms with E-state index in [1.807, 2.05) is 0 Å². The van der Waals surface area contributed by atoms with Gasteiger partial charge in [0.1, 0.15) is 30.0 Å². The fourth-order valence-corrected chi connectivity index (χ4v) is 3.00. The number of alkyl halides is 1. The van der Waals surface area contributed by atoms with Crippen molar-refractivity contribution in [1.82, 2.24) is 25.0 Å². The highest BCUT2D eigenvalue weighted by Gasteiger charge is 2.46. The number of rotatable bonds is 8. The zero-order chi connectivity index (χ0) is 21.0. The Labute approximate surface area is 170 Å². The summed E-state index contributed by atoms with van der Waals surface area (Å²) in [5.41, 5.74) is 0.728. The Kier molecular flexibility index (Phi) is 7.16. The molecule has 0 aliphatic carbocycles. The van der Waals surface area contributed by atoms with Crippen molar-refractivity contribution in [2.75, 3.05) is 24.4 Å². The van der Waals surface area contributed by atoms with Crippen molar-refractivity contribution >= 4 is 17.5 Å². The van der Waals surface area contributed by atoms with Gasteiger partial charge in [-0.15, -0.1) is 16.7 Å². The molecular formula is C16H23ClN6O6. The van der Waals surface area contributed by atoms with E-state index in [1.54, 1.807) is 13.1 Å². The lowest BCUT2D eigenvalue weighted by molar-refractivity contribution is -0.280. The predicted octanol–water partition coefficient (Wildman–Crippen LogP) is -1.48. The Morgan fingerprint density at radius 1 is 1.41 bits per heavy atom. The minimum absolute atomic E-state index is 0.138. The molecule has 3 rings (SSSR count). The first-order valence-corrected chi connectivity index (χ1v) is 9.48. The maximum atomic E-state index is 11.6. The summed E-state index contributed by atoms with van der Waals surface area (Å²) in [6.45, 7) is 1.50. The number of H-pyrrole nitrogens is 1. The van der Waals surface area contributed by atoms with Crippen LogP contribution in [-0.2, 0) is 16.0 Å². The van der Waals surface area contributed by atoms with Gasteiger partial charge in [-0.3, -0.25) is 9.78 Å². The molecule has 0 aromatic carbocycles. The Bertz CT molecular complexity index is 862. The standard InChI is InChI=1S/C16H23ClN6O6/c1-8-4-18-16(20-14(8)27)19-5-9-6-23(22-21-9)11-13(26)12(25)10(7-24)29-15(11)28-3-2-17/h4,6,10-13,15,24-26H,2-3,5,7H2,1H3,(H2,18,19,20,27)/t10?,11?,12-,13-,15+/m1/s1. The molecule has 29 heavy (non-hydrogen) atoms. The first-order valence-electron chi connectivity index (χ1n) is 8.95. The van der Waals surface area contributed by atoms with Crippen LogP contribution in [0.4, 0.5) is 5.95 Å². The van der Waals surface area contributed by atoms with Gasteiger partial charge in [0.05, 0.1) is 26.0 Å². The van der Waals surface area contributed by atoms with Crippen LogP contribution in [0.5, 0.6) is 0 Å². The third-order valence-corrected chi connectivity index (χ3v) is 4.64. The quantitative estimate of drug-likeness (QED) is 0.311. The average molecular weight is 431 g/mol. The summed E-state index contributed by atoms with van der Waals surface area (Å²) in [5, 5.41) is 41.0. The molecule has 0 saturated carbocycles. The first-order chi connectivity index (χ1) is 13.9. The second-order valence-corrected chi connectivity index (χ2v) is 6.92. The van der Waals surface area contributed by atoms with Crippen LogP contribution in [-0.4, -0.2) is 84.0 Å². The molecule has 160 valence electrons. The van der Waals surface area contributed by atoms with E-state index in [2.05, 4.69) is 25.6 Å². The summed E-state index contributed by atoms with van der Waals surface area (Å²) in [6.07, 6.45) is -1.67. The number of aryl methyl sites for hydroxylation is 1. The summed E-state index contributed by atoms with van der Waals surface area (Å²) in [6, 6.07) is -0.908. The van der Waals surface area contributed by atoms with Gasteiger partial charge in [0.25, 0.3) is 5.56 Å². The number of anilines is 1. The molecule has 1 fully saturated rings. The lowest BCUT2D eigenvalue weighted by Crippen LogP contribution is -2.57. The summed E-state index contributed by atoms with van der Waals surface area (Å²) < 4.78 is 12.4. The Morgan fingerprint density at radius 3 is 2.90 bits per heavy atom. The number of nitrogens with one attached hydrogen (secondary N) is 2. The molecule has 1 saturated heterocycles. The van der Waals surface area contributed by atoms with Crippen molar-refractivity contribution < 1.29 is 24.8 Å². The lowest BCUT2D eigenvalue weighted by Gasteiger charge is -2.41. The molecule has 12 nitrogen and oxygen atoms in total. The molecule has 5 atom stereocenters. The molecule has 1 aliphatic heterocycles. The fourth-order valence-electron chi connectivity index (χ4n) is 2.91. The van der Waals surface area contributed by atoms with E-state index in [4.69, 9.17) is 21.1 Å². The predicted molar refractivity (Wildman–Crippen MR) is 100 cm³/mol. The van der Waals surface area contributed by atoms with Crippen molar-refractivity contribution in [1.29, 1.82) is 0 Å². The van der Waals surface area contributed by atoms with E-state index in [0.717, 1.165) is 0 Å². The van der Waals surface area contributed by atoms with Crippen LogP contribution in [0.2, 0.25) is 0 Å². The van der Waals surface area contributed by atoms with Crippen molar-refractivity contribution in [3.05, 3.63) is 34.0 Å². The lowest BCUT2D eigenvalue weighted by atomic mass is 9.97. The van der Waals surface area contributed by atoms with Crippen LogP contribution in [0, 0.1) is 6.92 Å². The minimum Gasteiger partial charge on any atom is -0.394 e. The average Bonchev–Trinajstić information content (AvgIpc) is 3.18. The van der Waals surface area contributed by atoms with Crippen molar-refractivity contribution in [3.63, 3.8) is 0 Å². The van der Waals surface area contributed by atoms with Crippen LogP contribution in [0.25, 0.3) is 0 Å². The van der Waals surface area contributed by atoms with Crippen LogP contribution < -0.4 is 10.9 Å². The number of halogens is 1. The monoisotopic (exact) mass is 430 g/mol. The highest BCUT2D eigenvalue weighted by atomic mass is 35.5. The van der Waals surface area contributed by atoms with Gasteiger partial charge in [-0.1, -0.05) is 5.21 Å². The molecule has 1 aliphatic rings. The number of nitrogens with zero attached hydrogens (tertiary/aromatic N) is 4. The number of hydrogen-bond acceptors (Lipinski definition) is 10. The van der Waals surface area contributed by atoms with E-state index < -0.39 is 37.3 Å². The number of aromatic amines is 1. The van der Waals surface area contributed by atoms with Gasteiger partial charge in [0, 0.05) is 17.6 Å². The summed E-state index contributed by atoms with van der Waals surface area (Å²) in [7, 11) is 0. The maximum absolute atomic E-state index is 11.6. The molecule has 5 N–H and O–H groups in total. The van der Waals surface area contributed by atoms with Gasteiger partial charge in [-0.25, -0.2) is 9.67 Å². The molecule has 0 amide bonds. The van der Waals surface area contributed by atoms with Crippen LogP contribution in [0.15, 0.2) is 17.2 Å². The van der Waals surface area contributed by atoms with Gasteiger partial charge in [-0.2, -0.15) is 0 Å². The molecule has 2 aromatic rings. The largest absolute Gasteiger partial charge is 0.394 e. The molecule has 2 aromatic heterocycles. The number of aliphatic hydroxyl groups is 3. The van der Waals surface area contributed by atoms with E-state index in [-0.39, 0.29) is 30.5 Å². The normalized spacial score (nSPS) is 27.1. The van der Waals surface area contributed by atoms with Gasteiger partial charge in [0.15, 0.2) is 6.29 Å². The fraction of sp³-hybridized carbons (Fsp3) is 0.625. The number of aromatic nitrogens is 5. The molecule has 0 bridgehead atoms. The third-order valence-electron chi connectivity index (χ3n) is 4.49. The van der Waals surface area contributed by atoms with Gasteiger partial charge in [-0.05, 0) is 6.92 Å². The van der Waals surface area contributed by atoms with Crippen molar-refractivity contribution in [2.45, 2.75) is 44.1 Å². The summed E-state index contributed by atoms with van der Waals surface area (Å²) >= 11 is 5.66. The summed E-state index contributed by atoms with van der Waals surface area (Å²) in [5.74, 6) is 0.476. The summed E-state index contributed by atoms with van der Waals surface area (Å²) in [4.78, 5) is 18.3. The molecule has 3 heterocycles. The Hall–Kier alpha value is -2.09. The highest BCUT2D eigenvalue weighted by Crippen LogP contribution is 2.30. The Morgan fingerprint density at radius 2 is 2.21 bits per heavy atom. The minimum atomic E-state index is -1.34. The van der Waals surface area contributed by atoms with Crippen LogP contribution >= 0.6 is 11.6 Å². The second-order valence-electron chi connectivity index (χ2n) is 6.54. The van der Waals surface area contributed by atoms with Gasteiger partial charge < -0.3 is 30.1 Å². The smallest absolute Gasteiger partial charge is 0.255 e. The molecule has 2 unspecified atom stereocenters. The zero-order valence-electron chi connectivity index (χ0n) is 15.6. The van der Waals surface area contributed by atoms with Crippen molar-refractivity contribution in [2.24, 2.45) is 0 Å². The Balaban J connectivity index is 1.73. The molecule has 0 spiro atoms. The van der Waals surface area contributed by atoms with E-state index in [9.17, 15) is 20.1 Å². The van der Waals surface area contributed by atoms with E-state index in [0.29, 0.717) is 11.3 Å². The molecule has 0 radical (unpaired) electrons. The number of hydrogen-bond donors (Lipinski definition) is 5. The van der Waals surface area contributed by atoms with Gasteiger partial charge >= 0.3 is 0 Å². The third kappa shape index (κ3) is 4.91. The number of ether oxygens (including phenoxy) is 2. The maximum Gasteiger partial charge on any atom is 0.255 e. The van der Waals surface area contributed by atoms with Gasteiger partial charge in [0.2, 0.25) is 5.95 Å². The zero-order valence-corrected chi connectivity index (χ0v) is 16.4. The van der Waals surface area contributed by atoms with E-state index >= 15 is 0 Å². The van der Waals surface area contributed by atoms with Crippen molar-refractivity contribution in [3.8, 4) is 0 Å². The molecular weight excluding hydrogens is 408 g/mol. The SMILES string of the molecule is Cc1cnc(NCc2cn(C3[C@@H](OCCCl)OC(CO)[C@@H](O)[C@@H]3O)nn2)[nH]c1=O. The first kappa shape index (κ1) is 21.6. The topological polar surface area (TPSA) is 168 Å². The van der Waals surface area contributed by atoms with E-state index in [1.165, 1.54) is 10.9 Å². The van der Waals surface area contributed by atoms with Crippen LogP contribution in [0.3, 0.4) is 0 Å². The second kappa shape index (κ2) is 9.61. The number of aliphatic hydroxyl groups excluding tert-OH is 3. The van der Waals surface area contributed by atoms with Crippen LogP contribution in [0.1, 0.15) is 17.3 Å².